The maximum Gasteiger partial charge on any atom is 0.0402 e. The molecule has 17 heavy (non-hydrogen) atoms. The zero-order valence-corrected chi connectivity index (χ0v) is 12.8. The number of aliphatic hydroxyl groups excluding tert-OH is 1. The maximum absolute atomic E-state index is 7.57. The number of nitrogens with one attached hydrogen (secondary N) is 1. The van der Waals surface area contributed by atoms with Gasteiger partial charge in [-0.15, -0.1) is 0 Å². The van der Waals surface area contributed by atoms with Gasteiger partial charge in [0, 0.05) is 23.7 Å². The molecular weight excluding hydrogens is 212 g/mol. The van der Waals surface area contributed by atoms with Crippen LogP contribution < -0.4 is 5.32 Å². The Hall–Kier alpha value is -0.120. The Morgan fingerprint density at radius 1 is 1.12 bits per heavy atom. The van der Waals surface area contributed by atoms with E-state index in [0.29, 0.717) is 0 Å². The van der Waals surface area contributed by atoms with Crippen LogP contribution in [0.3, 0.4) is 0 Å². The van der Waals surface area contributed by atoms with Gasteiger partial charge in [0.15, 0.2) is 0 Å². The Morgan fingerprint density at radius 3 is 1.76 bits per heavy atom. The van der Waals surface area contributed by atoms with Crippen molar-refractivity contribution in [3.63, 3.8) is 0 Å². The molecule has 0 aliphatic carbocycles. The first-order valence-corrected chi connectivity index (χ1v) is 6.78. The topological polar surface area (TPSA) is 35.5 Å². The van der Waals surface area contributed by atoms with Gasteiger partial charge in [-0.25, -0.2) is 0 Å². The Labute approximate surface area is 108 Å². The van der Waals surface area contributed by atoms with E-state index < -0.39 is 0 Å². The summed E-state index contributed by atoms with van der Waals surface area (Å²) in [4.78, 5) is 2.48. The molecular formula is C14H32N2O. The summed E-state index contributed by atoms with van der Waals surface area (Å²) in [5.74, 6) is 0. The van der Waals surface area contributed by atoms with E-state index >= 15 is 0 Å². The van der Waals surface area contributed by atoms with Gasteiger partial charge in [-0.3, -0.25) is 0 Å². The van der Waals surface area contributed by atoms with Crippen molar-refractivity contribution in [1.82, 2.24) is 10.2 Å². The van der Waals surface area contributed by atoms with Crippen LogP contribution in [0.1, 0.15) is 54.4 Å². The molecule has 1 rings (SSSR count). The normalized spacial score (nSPS) is 23.1. The highest BCUT2D eigenvalue weighted by molar-refractivity contribution is 4.99. The quantitative estimate of drug-likeness (QED) is 0.782. The van der Waals surface area contributed by atoms with Crippen LogP contribution in [0.25, 0.3) is 0 Å². The van der Waals surface area contributed by atoms with Crippen molar-refractivity contribution in [3.05, 3.63) is 0 Å². The molecule has 1 fully saturated rings. The van der Waals surface area contributed by atoms with E-state index in [9.17, 15) is 0 Å². The highest BCUT2D eigenvalue weighted by atomic mass is 16.2. The van der Waals surface area contributed by atoms with E-state index in [1.807, 2.05) is 0 Å². The second kappa shape index (κ2) is 6.72. The van der Waals surface area contributed by atoms with Gasteiger partial charge in [0.25, 0.3) is 0 Å². The summed E-state index contributed by atoms with van der Waals surface area (Å²) < 4.78 is 0. The molecule has 0 saturated carbocycles. The van der Waals surface area contributed by atoms with Gasteiger partial charge in [-0.2, -0.15) is 0 Å². The summed E-state index contributed by atoms with van der Waals surface area (Å²) in [7, 11) is 2.24. The fourth-order valence-electron chi connectivity index (χ4n) is 2.84. The Balaban J connectivity index is 0.000000770. The molecule has 2 N–H and O–H groups in total. The lowest BCUT2D eigenvalue weighted by Crippen LogP contribution is -2.61. The Morgan fingerprint density at radius 2 is 1.47 bits per heavy atom. The summed E-state index contributed by atoms with van der Waals surface area (Å²) in [6.07, 6.45) is 2.50. The van der Waals surface area contributed by atoms with Gasteiger partial charge in [0.1, 0.15) is 0 Å². The minimum Gasteiger partial charge on any atom is -0.397 e. The SMILES string of the molecule is CCN(C)C1CC(C)(C)NC(C)(C)C1.CCO. The minimum absolute atomic E-state index is 0.250. The third-order valence-electron chi connectivity index (χ3n) is 3.29. The molecule has 3 heteroatoms. The van der Waals surface area contributed by atoms with Crippen molar-refractivity contribution in [2.75, 3.05) is 20.2 Å². The molecule has 1 saturated heterocycles. The highest BCUT2D eigenvalue weighted by Gasteiger charge is 2.38. The fourth-order valence-corrected chi connectivity index (χ4v) is 2.84. The number of rotatable bonds is 2. The van der Waals surface area contributed by atoms with Crippen LogP contribution >= 0.6 is 0 Å². The summed E-state index contributed by atoms with van der Waals surface area (Å²) in [5, 5.41) is 11.3. The molecule has 104 valence electrons. The Bertz CT molecular complexity index is 198. The highest BCUT2D eigenvalue weighted by Crippen LogP contribution is 2.30. The van der Waals surface area contributed by atoms with Crippen LogP contribution in [0, 0.1) is 0 Å². The maximum atomic E-state index is 7.57. The van der Waals surface area contributed by atoms with E-state index in [-0.39, 0.29) is 17.7 Å². The largest absolute Gasteiger partial charge is 0.397 e. The second-order valence-electron chi connectivity index (χ2n) is 6.34. The van der Waals surface area contributed by atoms with Crippen molar-refractivity contribution in [1.29, 1.82) is 0 Å². The second-order valence-corrected chi connectivity index (χ2v) is 6.34. The summed E-state index contributed by atoms with van der Waals surface area (Å²) in [6, 6.07) is 0.728. The molecule has 0 amide bonds. The number of aliphatic hydroxyl groups is 1. The number of piperidine rings is 1. The van der Waals surface area contributed by atoms with Crippen molar-refractivity contribution in [3.8, 4) is 0 Å². The molecule has 0 radical (unpaired) electrons. The molecule has 1 aliphatic heterocycles. The predicted molar refractivity (Wildman–Crippen MR) is 75.4 cm³/mol. The average molecular weight is 244 g/mol. The standard InChI is InChI=1S/C12H26N2.C2H6O/c1-7-14(6)10-8-11(2,3)13-12(4,5)9-10;1-2-3/h10,13H,7-9H2,1-6H3;3H,2H2,1H3. The molecule has 3 nitrogen and oxygen atoms in total. The lowest BCUT2D eigenvalue weighted by molar-refractivity contribution is 0.0846. The van der Waals surface area contributed by atoms with Gasteiger partial charge >= 0.3 is 0 Å². The molecule has 0 aromatic heterocycles. The summed E-state index contributed by atoms with van der Waals surface area (Å²) >= 11 is 0. The molecule has 0 bridgehead atoms. The first kappa shape index (κ1) is 16.9. The van der Waals surface area contributed by atoms with E-state index in [0.717, 1.165) is 12.6 Å². The van der Waals surface area contributed by atoms with Gasteiger partial charge in [-0.05, 0) is 61.1 Å². The van der Waals surface area contributed by atoms with Gasteiger partial charge in [0.05, 0.1) is 0 Å². The smallest absolute Gasteiger partial charge is 0.0402 e. The van der Waals surface area contributed by atoms with Crippen LogP contribution in [-0.2, 0) is 0 Å². The van der Waals surface area contributed by atoms with Crippen molar-refractivity contribution >= 4 is 0 Å². The molecule has 1 aliphatic rings. The van der Waals surface area contributed by atoms with E-state index in [1.165, 1.54) is 12.8 Å². The van der Waals surface area contributed by atoms with Gasteiger partial charge in [0.2, 0.25) is 0 Å². The summed E-state index contributed by atoms with van der Waals surface area (Å²) in [5.41, 5.74) is 0.547. The van der Waals surface area contributed by atoms with Gasteiger partial charge < -0.3 is 15.3 Å². The molecule has 0 aromatic rings. The number of hydrogen-bond acceptors (Lipinski definition) is 3. The van der Waals surface area contributed by atoms with E-state index in [4.69, 9.17) is 5.11 Å². The van der Waals surface area contributed by atoms with Crippen LogP contribution in [-0.4, -0.2) is 47.3 Å². The predicted octanol–water partition coefficient (Wildman–Crippen LogP) is 2.25. The zero-order valence-electron chi connectivity index (χ0n) is 12.8. The monoisotopic (exact) mass is 244 g/mol. The zero-order chi connectivity index (χ0) is 13.7. The summed E-state index contributed by atoms with van der Waals surface area (Å²) in [6.45, 7) is 14.6. The number of nitrogens with zero attached hydrogens (tertiary/aromatic N) is 1. The molecule has 0 unspecified atom stereocenters. The molecule has 0 aromatic carbocycles. The Kier molecular flexibility index (Phi) is 6.67. The average Bonchev–Trinajstić information content (AvgIpc) is 2.13. The third kappa shape index (κ3) is 6.39. The van der Waals surface area contributed by atoms with Crippen LogP contribution in [0.5, 0.6) is 0 Å². The van der Waals surface area contributed by atoms with Crippen LogP contribution in [0.4, 0.5) is 0 Å². The number of hydrogen-bond donors (Lipinski definition) is 2. The van der Waals surface area contributed by atoms with Gasteiger partial charge in [-0.1, -0.05) is 6.92 Å². The molecule has 0 spiro atoms. The van der Waals surface area contributed by atoms with Crippen molar-refractivity contribution in [2.24, 2.45) is 0 Å². The van der Waals surface area contributed by atoms with Crippen LogP contribution in [0.2, 0.25) is 0 Å². The fraction of sp³-hybridized carbons (Fsp3) is 1.00. The first-order chi connectivity index (χ1) is 7.67. The third-order valence-corrected chi connectivity index (χ3v) is 3.29. The molecule has 0 atom stereocenters. The van der Waals surface area contributed by atoms with E-state index in [1.54, 1.807) is 6.92 Å². The molecule has 1 heterocycles. The van der Waals surface area contributed by atoms with Crippen molar-refractivity contribution < 1.29 is 5.11 Å². The van der Waals surface area contributed by atoms with E-state index in [2.05, 4.69) is 51.9 Å². The lowest BCUT2D eigenvalue weighted by Gasteiger charge is -2.48. The lowest BCUT2D eigenvalue weighted by atomic mass is 9.79. The van der Waals surface area contributed by atoms with Crippen LogP contribution in [0.15, 0.2) is 0 Å². The van der Waals surface area contributed by atoms with Crippen molar-refractivity contribution in [2.45, 2.75) is 71.5 Å². The first-order valence-electron chi connectivity index (χ1n) is 6.78. The minimum atomic E-state index is 0.250.